The predicted molar refractivity (Wildman–Crippen MR) is 132 cm³/mol. The van der Waals surface area contributed by atoms with E-state index in [-0.39, 0.29) is 22.8 Å². The Labute approximate surface area is 214 Å². The van der Waals surface area contributed by atoms with Gasteiger partial charge < -0.3 is 24.0 Å². The first-order valence-corrected chi connectivity index (χ1v) is 12.4. The number of halogens is 1. The molecule has 3 aliphatic rings. The third-order valence-corrected chi connectivity index (χ3v) is 7.45. The number of esters is 1. The van der Waals surface area contributed by atoms with Crippen LogP contribution in [0, 0.1) is 11.2 Å². The maximum Gasteiger partial charge on any atom is 0.341 e. The lowest BCUT2D eigenvalue weighted by molar-refractivity contribution is -0.0352. The van der Waals surface area contributed by atoms with Gasteiger partial charge >= 0.3 is 5.97 Å². The fraction of sp³-hybridized carbons (Fsp3) is 0.407. The van der Waals surface area contributed by atoms with Crippen molar-refractivity contribution in [2.75, 3.05) is 38.7 Å². The van der Waals surface area contributed by atoms with E-state index in [1.54, 1.807) is 6.20 Å². The summed E-state index contributed by atoms with van der Waals surface area (Å²) in [5.41, 5.74) is 2.54. The lowest BCUT2D eigenvalue weighted by Crippen LogP contribution is -2.65. The Morgan fingerprint density at radius 3 is 2.78 bits per heavy atom. The van der Waals surface area contributed by atoms with E-state index in [1.807, 2.05) is 12.3 Å². The molecule has 2 fully saturated rings. The van der Waals surface area contributed by atoms with Crippen LogP contribution in [-0.2, 0) is 17.7 Å². The van der Waals surface area contributed by atoms with Gasteiger partial charge in [0.15, 0.2) is 11.6 Å². The second-order valence-corrected chi connectivity index (χ2v) is 10.2. The van der Waals surface area contributed by atoms with Gasteiger partial charge in [-0.25, -0.2) is 19.2 Å². The minimum atomic E-state index is -0.682. The first-order chi connectivity index (χ1) is 17.9. The van der Waals surface area contributed by atoms with E-state index in [2.05, 4.69) is 31.8 Å². The number of methoxy groups -OCH3 is 1. The molecule has 0 unspecified atom stereocenters. The molecule has 9 nitrogen and oxygen atoms in total. The Hall–Kier alpha value is -3.79. The molecule has 1 aromatic carbocycles. The zero-order valence-electron chi connectivity index (χ0n) is 20.8. The molecule has 0 amide bonds. The highest BCUT2D eigenvalue weighted by molar-refractivity contribution is 5.92. The molecular weight excluding hydrogens is 477 g/mol. The highest BCUT2D eigenvalue weighted by Crippen LogP contribution is 2.52. The first kappa shape index (κ1) is 23.6. The summed E-state index contributed by atoms with van der Waals surface area (Å²) in [5.74, 6) is 0.939. The van der Waals surface area contributed by atoms with E-state index in [1.165, 1.54) is 31.1 Å². The zero-order chi connectivity index (χ0) is 25.6. The van der Waals surface area contributed by atoms with Gasteiger partial charge in [-0.3, -0.25) is 4.98 Å². The number of carbonyl (C=O) groups is 1. The number of benzene rings is 1. The van der Waals surface area contributed by atoms with Crippen molar-refractivity contribution in [2.24, 2.45) is 5.41 Å². The Balaban J connectivity index is 1.11. The van der Waals surface area contributed by atoms with E-state index in [4.69, 9.17) is 14.2 Å². The summed E-state index contributed by atoms with van der Waals surface area (Å²) in [6.45, 7) is 3.54. The average Bonchev–Trinajstić information content (AvgIpc) is 2.86. The summed E-state index contributed by atoms with van der Waals surface area (Å²) in [6.07, 6.45) is 7.95. The molecule has 3 aromatic rings. The minimum absolute atomic E-state index is 0.000797. The summed E-state index contributed by atoms with van der Waals surface area (Å²) < 4.78 is 30.9. The number of hydrogen-bond donors (Lipinski definition) is 0. The molecule has 1 saturated heterocycles. The van der Waals surface area contributed by atoms with Crippen LogP contribution in [0.5, 0.6) is 17.2 Å². The Morgan fingerprint density at radius 1 is 1.14 bits per heavy atom. The molecule has 10 heteroatoms. The minimum Gasteiger partial charge on any atom is -0.490 e. The number of aromatic nitrogens is 3. The van der Waals surface area contributed by atoms with Gasteiger partial charge in [0, 0.05) is 55.5 Å². The second-order valence-electron chi connectivity index (χ2n) is 10.2. The van der Waals surface area contributed by atoms with Crippen molar-refractivity contribution in [1.29, 1.82) is 0 Å². The summed E-state index contributed by atoms with van der Waals surface area (Å²) >= 11 is 0. The van der Waals surface area contributed by atoms with Gasteiger partial charge in [0.1, 0.15) is 35.3 Å². The van der Waals surface area contributed by atoms with Crippen LogP contribution in [0.3, 0.4) is 0 Å². The van der Waals surface area contributed by atoms with Crippen LogP contribution in [-0.4, -0.2) is 65.7 Å². The van der Waals surface area contributed by atoms with Crippen LogP contribution in [0.4, 0.5) is 10.2 Å². The standard InChI is InChI=1S/C27H28FN5O4/c1-32-8-6-21-20(13-32)23(5-7-30-21)36-18-10-27(11-18)14-33(15-27)25-24(12-29-16-31-25)37-22-4-3-17(28)9-19(22)26(34)35-2/h3-5,7,9,12,16,18H,6,8,10-11,13-15H2,1-2H3. The van der Waals surface area contributed by atoms with Crippen LogP contribution in [0.2, 0.25) is 0 Å². The van der Waals surface area contributed by atoms with Crippen molar-refractivity contribution < 1.29 is 23.4 Å². The smallest absolute Gasteiger partial charge is 0.341 e. The molecule has 1 spiro atoms. The second kappa shape index (κ2) is 9.26. The van der Waals surface area contributed by atoms with Gasteiger partial charge in [0.2, 0.25) is 0 Å². The molecule has 0 bridgehead atoms. The molecule has 0 atom stereocenters. The molecular formula is C27H28FN5O4. The van der Waals surface area contributed by atoms with Crippen LogP contribution < -0.4 is 14.4 Å². The number of fused-ring (bicyclic) bond motifs is 1. The van der Waals surface area contributed by atoms with E-state index in [0.717, 1.165) is 63.0 Å². The number of anilines is 1. The van der Waals surface area contributed by atoms with E-state index >= 15 is 0 Å². The maximum absolute atomic E-state index is 13.7. The molecule has 1 saturated carbocycles. The van der Waals surface area contributed by atoms with Gasteiger partial charge in [0.25, 0.3) is 0 Å². The molecule has 37 heavy (non-hydrogen) atoms. The normalized spacial score (nSPS) is 18.5. The van der Waals surface area contributed by atoms with Crippen molar-refractivity contribution in [3.8, 4) is 17.2 Å². The molecule has 192 valence electrons. The maximum atomic E-state index is 13.7. The van der Waals surface area contributed by atoms with Crippen LogP contribution in [0.25, 0.3) is 0 Å². The average molecular weight is 506 g/mol. The Bertz CT molecular complexity index is 1340. The number of hydrogen-bond acceptors (Lipinski definition) is 9. The lowest BCUT2D eigenvalue weighted by atomic mass is 9.61. The molecule has 2 aromatic heterocycles. The Morgan fingerprint density at radius 2 is 1.97 bits per heavy atom. The molecule has 0 N–H and O–H groups in total. The third kappa shape index (κ3) is 4.46. The number of nitrogens with zero attached hydrogens (tertiary/aromatic N) is 5. The number of carbonyl (C=O) groups excluding carboxylic acids is 1. The SMILES string of the molecule is COC(=O)c1cc(F)ccc1Oc1cncnc1N1CC2(CC(Oc3ccnc4c3CN(C)CC4)C2)C1. The van der Waals surface area contributed by atoms with Crippen molar-refractivity contribution in [2.45, 2.75) is 31.9 Å². The number of rotatable bonds is 6. The summed E-state index contributed by atoms with van der Waals surface area (Å²) in [4.78, 5) is 29.6. The van der Waals surface area contributed by atoms with Crippen molar-refractivity contribution in [3.63, 3.8) is 0 Å². The van der Waals surface area contributed by atoms with E-state index < -0.39 is 11.8 Å². The van der Waals surface area contributed by atoms with Crippen LogP contribution in [0.15, 0.2) is 43.0 Å². The van der Waals surface area contributed by atoms with Gasteiger partial charge in [-0.05, 0) is 44.2 Å². The molecule has 1 aliphatic carbocycles. The van der Waals surface area contributed by atoms with Crippen molar-refractivity contribution in [1.82, 2.24) is 19.9 Å². The quantitative estimate of drug-likeness (QED) is 0.466. The fourth-order valence-corrected chi connectivity index (χ4v) is 5.60. The van der Waals surface area contributed by atoms with Gasteiger partial charge in [0.05, 0.1) is 13.3 Å². The molecule has 4 heterocycles. The summed E-state index contributed by atoms with van der Waals surface area (Å²) in [5, 5.41) is 0. The molecule has 6 rings (SSSR count). The van der Waals surface area contributed by atoms with Gasteiger partial charge in [-0.2, -0.15) is 0 Å². The van der Waals surface area contributed by atoms with E-state index in [9.17, 15) is 9.18 Å². The van der Waals surface area contributed by atoms with Crippen molar-refractivity contribution >= 4 is 11.8 Å². The largest absolute Gasteiger partial charge is 0.490 e. The number of pyridine rings is 1. The summed E-state index contributed by atoms with van der Waals surface area (Å²) in [6, 6.07) is 5.71. The number of ether oxygens (including phenoxy) is 3. The highest BCUT2D eigenvalue weighted by atomic mass is 19.1. The van der Waals surface area contributed by atoms with Crippen molar-refractivity contribution in [3.05, 3.63) is 65.6 Å². The molecule has 0 radical (unpaired) electrons. The zero-order valence-corrected chi connectivity index (χ0v) is 20.8. The topological polar surface area (TPSA) is 89.9 Å². The highest BCUT2D eigenvalue weighted by Gasteiger charge is 2.54. The van der Waals surface area contributed by atoms with Crippen LogP contribution in [0.1, 0.15) is 34.5 Å². The first-order valence-electron chi connectivity index (χ1n) is 12.4. The number of likely N-dealkylation sites (N-methyl/N-ethyl adjacent to an activating group) is 1. The Kier molecular flexibility index (Phi) is 5.91. The third-order valence-electron chi connectivity index (χ3n) is 7.45. The summed E-state index contributed by atoms with van der Waals surface area (Å²) in [7, 11) is 3.36. The fourth-order valence-electron chi connectivity index (χ4n) is 5.60. The van der Waals surface area contributed by atoms with Gasteiger partial charge in [-0.15, -0.1) is 0 Å². The lowest BCUT2D eigenvalue weighted by Gasteiger charge is -2.59. The monoisotopic (exact) mass is 505 g/mol. The van der Waals surface area contributed by atoms with Gasteiger partial charge in [-0.1, -0.05) is 0 Å². The predicted octanol–water partition coefficient (Wildman–Crippen LogP) is 3.63. The van der Waals surface area contributed by atoms with Crippen LogP contribution >= 0.6 is 0 Å². The van der Waals surface area contributed by atoms with E-state index in [0.29, 0.717) is 11.6 Å². The molecule has 2 aliphatic heterocycles.